The largest absolute Gasteiger partial charge is 0.311 e. The highest BCUT2D eigenvalue weighted by molar-refractivity contribution is 9.09. The van der Waals surface area contributed by atoms with Gasteiger partial charge in [-0.3, -0.25) is 4.79 Å². The van der Waals surface area contributed by atoms with Crippen molar-refractivity contribution in [2.24, 2.45) is 0 Å². The maximum Gasteiger partial charge on any atom is 0.237 e. The Morgan fingerprint density at radius 1 is 1.53 bits per heavy atom. The SMILES string of the molecule is Cc1ccc2c(c1)CCCN2C(=O)CBr. The standard InChI is InChI=1S/C12H14BrNO/c1-9-4-5-11-10(7-9)3-2-6-14(11)12(15)8-13/h4-5,7H,2-3,6,8H2,1H3. The minimum Gasteiger partial charge on any atom is -0.311 e. The van der Waals surface area contributed by atoms with Crippen molar-refractivity contribution in [2.75, 3.05) is 16.8 Å². The normalized spacial score (nSPS) is 14.9. The van der Waals surface area contributed by atoms with E-state index in [1.165, 1.54) is 11.1 Å². The molecule has 1 aliphatic rings. The Morgan fingerprint density at radius 3 is 3.07 bits per heavy atom. The van der Waals surface area contributed by atoms with Gasteiger partial charge in [-0.1, -0.05) is 33.6 Å². The maximum absolute atomic E-state index is 11.7. The zero-order valence-electron chi connectivity index (χ0n) is 8.79. The first-order valence-electron chi connectivity index (χ1n) is 5.18. The summed E-state index contributed by atoms with van der Waals surface area (Å²) in [6.07, 6.45) is 2.15. The minimum absolute atomic E-state index is 0.153. The number of fused-ring (bicyclic) bond motifs is 1. The van der Waals surface area contributed by atoms with Crippen LogP contribution in [-0.4, -0.2) is 17.8 Å². The van der Waals surface area contributed by atoms with Crippen LogP contribution < -0.4 is 4.90 Å². The van der Waals surface area contributed by atoms with Crippen molar-refractivity contribution < 1.29 is 4.79 Å². The number of nitrogens with zero attached hydrogens (tertiary/aromatic N) is 1. The molecule has 0 unspecified atom stereocenters. The molecule has 0 radical (unpaired) electrons. The summed E-state index contributed by atoms with van der Waals surface area (Å²) in [7, 11) is 0. The van der Waals surface area contributed by atoms with Crippen molar-refractivity contribution >= 4 is 27.5 Å². The van der Waals surface area contributed by atoms with Crippen LogP contribution in [0.4, 0.5) is 5.69 Å². The van der Waals surface area contributed by atoms with Crippen LogP contribution in [0.25, 0.3) is 0 Å². The molecule has 3 heteroatoms. The Bertz CT molecular complexity index is 389. The number of alkyl halides is 1. The molecule has 80 valence electrons. The summed E-state index contributed by atoms with van der Waals surface area (Å²) >= 11 is 3.23. The average molecular weight is 268 g/mol. The van der Waals surface area contributed by atoms with E-state index in [1.54, 1.807) is 0 Å². The average Bonchev–Trinajstić information content (AvgIpc) is 2.26. The maximum atomic E-state index is 11.7. The van der Waals surface area contributed by atoms with Crippen molar-refractivity contribution in [3.63, 3.8) is 0 Å². The van der Waals surface area contributed by atoms with E-state index < -0.39 is 0 Å². The molecule has 0 N–H and O–H groups in total. The van der Waals surface area contributed by atoms with Crippen molar-refractivity contribution in [2.45, 2.75) is 19.8 Å². The molecule has 1 heterocycles. The van der Waals surface area contributed by atoms with E-state index in [0.717, 1.165) is 25.1 Å². The molecular formula is C12H14BrNO. The lowest BCUT2D eigenvalue weighted by atomic mass is 10.00. The van der Waals surface area contributed by atoms with E-state index in [9.17, 15) is 4.79 Å². The highest BCUT2D eigenvalue weighted by Crippen LogP contribution is 2.28. The summed E-state index contributed by atoms with van der Waals surface area (Å²) in [6.45, 7) is 2.94. The van der Waals surface area contributed by atoms with Crippen LogP contribution in [-0.2, 0) is 11.2 Å². The number of carbonyl (C=O) groups excluding carboxylic acids is 1. The predicted octanol–water partition coefficient (Wildman–Crippen LogP) is 2.67. The zero-order chi connectivity index (χ0) is 10.8. The summed E-state index contributed by atoms with van der Waals surface area (Å²) in [6, 6.07) is 6.31. The molecule has 0 bridgehead atoms. The van der Waals surface area contributed by atoms with Crippen LogP contribution in [0, 0.1) is 6.92 Å². The molecule has 0 fully saturated rings. The molecular weight excluding hydrogens is 254 g/mol. The number of rotatable bonds is 1. The lowest BCUT2D eigenvalue weighted by Gasteiger charge is -2.29. The van der Waals surface area contributed by atoms with Crippen LogP contribution in [0.5, 0.6) is 0 Å². The van der Waals surface area contributed by atoms with Crippen LogP contribution in [0.2, 0.25) is 0 Å². The van der Waals surface area contributed by atoms with E-state index >= 15 is 0 Å². The second kappa shape index (κ2) is 4.35. The molecule has 0 aromatic heterocycles. The Morgan fingerprint density at radius 2 is 2.33 bits per heavy atom. The van der Waals surface area contributed by atoms with Gasteiger partial charge in [-0.25, -0.2) is 0 Å². The van der Waals surface area contributed by atoms with E-state index in [-0.39, 0.29) is 5.91 Å². The van der Waals surface area contributed by atoms with E-state index in [2.05, 4.69) is 41.1 Å². The highest BCUT2D eigenvalue weighted by Gasteiger charge is 2.21. The van der Waals surface area contributed by atoms with Gasteiger partial charge in [0.25, 0.3) is 0 Å². The Labute approximate surface area is 98.4 Å². The van der Waals surface area contributed by atoms with Gasteiger partial charge in [-0.05, 0) is 31.4 Å². The summed E-state index contributed by atoms with van der Waals surface area (Å²) in [5, 5.41) is 0.403. The molecule has 0 saturated heterocycles. The second-order valence-corrected chi connectivity index (χ2v) is 4.48. The molecule has 1 aromatic rings. The Kier molecular flexibility index (Phi) is 3.10. The van der Waals surface area contributed by atoms with E-state index in [1.807, 2.05) is 4.90 Å². The van der Waals surface area contributed by atoms with Gasteiger partial charge < -0.3 is 4.90 Å². The molecule has 0 atom stereocenters. The number of carbonyl (C=O) groups is 1. The fraction of sp³-hybridized carbons (Fsp3) is 0.417. The third kappa shape index (κ3) is 2.07. The molecule has 15 heavy (non-hydrogen) atoms. The Hall–Kier alpha value is -0.830. The summed E-state index contributed by atoms with van der Waals surface area (Å²) in [5.41, 5.74) is 3.66. The lowest BCUT2D eigenvalue weighted by Crippen LogP contribution is -2.36. The first-order valence-corrected chi connectivity index (χ1v) is 6.30. The molecule has 2 rings (SSSR count). The van der Waals surface area contributed by atoms with Gasteiger partial charge in [0.15, 0.2) is 0 Å². The van der Waals surface area contributed by atoms with Crippen LogP contribution in [0.3, 0.4) is 0 Å². The number of hydrogen-bond acceptors (Lipinski definition) is 1. The number of benzene rings is 1. The summed E-state index contributed by atoms with van der Waals surface area (Å²) in [5.74, 6) is 0.153. The molecule has 0 spiro atoms. The van der Waals surface area contributed by atoms with Gasteiger partial charge in [0, 0.05) is 12.2 Å². The van der Waals surface area contributed by atoms with Crippen LogP contribution >= 0.6 is 15.9 Å². The summed E-state index contributed by atoms with van der Waals surface area (Å²) in [4.78, 5) is 13.6. The molecule has 1 amide bonds. The fourth-order valence-electron chi connectivity index (χ4n) is 2.06. The van der Waals surface area contributed by atoms with Gasteiger partial charge in [0.1, 0.15) is 0 Å². The molecule has 1 aliphatic heterocycles. The number of halogens is 1. The summed E-state index contributed by atoms with van der Waals surface area (Å²) < 4.78 is 0. The van der Waals surface area contributed by atoms with Gasteiger partial charge >= 0.3 is 0 Å². The second-order valence-electron chi connectivity index (χ2n) is 3.91. The lowest BCUT2D eigenvalue weighted by molar-refractivity contribution is -0.116. The topological polar surface area (TPSA) is 20.3 Å². The quantitative estimate of drug-likeness (QED) is 0.717. The van der Waals surface area contributed by atoms with Crippen LogP contribution in [0.15, 0.2) is 18.2 Å². The monoisotopic (exact) mass is 267 g/mol. The Balaban J connectivity index is 2.38. The molecule has 1 aromatic carbocycles. The molecule has 0 saturated carbocycles. The number of hydrogen-bond donors (Lipinski definition) is 0. The van der Waals surface area contributed by atoms with Crippen molar-refractivity contribution in [1.29, 1.82) is 0 Å². The van der Waals surface area contributed by atoms with Crippen molar-refractivity contribution in [1.82, 2.24) is 0 Å². The third-order valence-electron chi connectivity index (χ3n) is 2.77. The number of anilines is 1. The minimum atomic E-state index is 0.153. The van der Waals surface area contributed by atoms with Gasteiger partial charge in [-0.15, -0.1) is 0 Å². The predicted molar refractivity (Wildman–Crippen MR) is 65.6 cm³/mol. The van der Waals surface area contributed by atoms with E-state index in [4.69, 9.17) is 0 Å². The third-order valence-corrected chi connectivity index (χ3v) is 3.25. The van der Waals surface area contributed by atoms with Gasteiger partial charge in [0.05, 0.1) is 5.33 Å². The number of aryl methyl sites for hydroxylation is 2. The van der Waals surface area contributed by atoms with Crippen LogP contribution in [0.1, 0.15) is 17.5 Å². The first kappa shape index (κ1) is 10.7. The van der Waals surface area contributed by atoms with Crippen molar-refractivity contribution in [3.05, 3.63) is 29.3 Å². The van der Waals surface area contributed by atoms with Gasteiger partial charge in [0.2, 0.25) is 5.91 Å². The fourth-order valence-corrected chi connectivity index (χ4v) is 2.36. The number of amides is 1. The zero-order valence-corrected chi connectivity index (χ0v) is 10.4. The van der Waals surface area contributed by atoms with E-state index in [0.29, 0.717) is 5.33 Å². The van der Waals surface area contributed by atoms with Crippen molar-refractivity contribution in [3.8, 4) is 0 Å². The molecule has 0 aliphatic carbocycles. The molecule has 2 nitrogen and oxygen atoms in total. The first-order chi connectivity index (χ1) is 7.22. The highest BCUT2D eigenvalue weighted by atomic mass is 79.9. The van der Waals surface area contributed by atoms with Gasteiger partial charge in [-0.2, -0.15) is 0 Å². The smallest absolute Gasteiger partial charge is 0.237 e.